The number of carbonyl (C=O) groups excluding carboxylic acids is 2. The van der Waals surface area contributed by atoms with Crippen molar-refractivity contribution in [3.05, 3.63) is 30.2 Å². The van der Waals surface area contributed by atoms with E-state index in [0.29, 0.717) is 23.5 Å². The number of ether oxygens (including phenoxy) is 1. The monoisotopic (exact) mass is 371 g/mol. The lowest BCUT2D eigenvalue weighted by Gasteiger charge is -2.15. The van der Waals surface area contributed by atoms with Gasteiger partial charge in [-0.25, -0.2) is 9.78 Å². The minimum absolute atomic E-state index is 0.0710. The summed E-state index contributed by atoms with van der Waals surface area (Å²) in [5, 5.41) is 5.56. The van der Waals surface area contributed by atoms with E-state index in [-0.39, 0.29) is 17.9 Å². The number of nitrogens with two attached hydrogens (primary N) is 1. The van der Waals surface area contributed by atoms with Crippen LogP contribution in [0.15, 0.2) is 24.4 Å². The highest BCUT2D eigenvalue weighted by Gasteiger charge is 2.18. The Balaban J connectivity index is 1.99. The fourth-order valence-electron chi connectivity index (χ4n) is 3.22. The topological polar surface area (TPSA) is 122 Å². The van der Waals surface area contributed by atoms with E-state index < -0.39 is 6.09 Å². The number of imidazole rings is 1. The number of amides is 2. The lowest BCUT2D eigenvalue weighted by Crippen LogP contribution is -2.17. The van der Waals surface area contributed by atoms with Crippen LogP contribution in [0.5, 0.6) is 0 Å². The fourth-order valence-corrected chi connectivity index (χ4v) is 3.22. The van der Waals surface area contributed by atoms with Gasteiger partial charge in [-0.1, -0.05) is 19.8 Å². The minimum Gasteiger partial charge on any atom is -0.453 e. The quantitative estimate of drug-likeness (QED) is 0.612. The second-order valence-electron chi connectivity index (χ2n) is 6.94. The number of anilines is 2. The van der Waals surface area contributed by atoms with Crippen LogP contribution in [0.3, 0.4) is 0 Å². The van der Waals surface area contributed by atoms with E-state index in [1.54, 1.807) is 24.4 Å². The van der Waals surface area contributed by atoms with Gasteiger partial charge < -0.3 is 20.8 Å². The van der Waals surface area contributed by atoms with Crippen molar-refractivity contribution in [2.75, 3.05) is 17.7 Å². The van der Waals surface area contributed by atoms with Gasteiger partial charge in [0.15, 0.2) is 0 Å². The van der Waals surface area contributed by atoms with Crippen LogP contribution >= 0.6 is 0 Å². The molecule has 0 aliphatic carbocycles. The normalized spacial score (nSPS) is 20.3. The zero-order valence-corrected chi connectivity index (χ0v) is 15.5. The molecule has 1 aliphatic rings. The van der Waals surface area contributed by atoms with Gasteiger partial charge in [0.1, 0.15) is 5.82 Å². The molecule has 1 aliphatic heterocycles. The first-order valence-electron chi connectivity index (χ1n) is 9.06. The number of carbonyl (C=O) groups is 2. The smallest absolute Gasteiger partial charge is 0.411 e. The van der Waals surface area contributed by atoms with Gasteiger partial charge >= 0.3 is 6.09 Å². The SMILES string of the molecule is COC(=O)Nc1ccc2c(c1)NC(=O)C[C@H](C)CCC[C@H](N)c1nc-2c[nH]1. The van der Waals surface area contributed by atoms with Gasteiger partial charge in [0.25, 0.3) is 0 Å². The lowest BCUT2D eigenvalue weighted by molar-refractivity contribution is -0.117. The van der Waals surface area contributed by atoms with Crippen molar-refractivity contribution >= 4 is 23.4 Å². The standard InChI is InChI=1S/C19H25N5O3/c1-11-4-3-5-14(20)18-21-10-16(24-18)13-7-6-12(22-19(26)27-2)9-15(13)23-17(25)8-11/h6-7,9-11,14H,3-5,8,20H2,1-2H3,(H,21,24)(H,22,26)(H,23,25)/t11-,14+/m1/s1. The molecule has 2 amide bonds. The summed E-state index contributed by atoms with van der Waals surface area (Å²) in [6.07, 6.45) is 4.30. The summed E-state index contributed by atoms with van der Waals surface area (Å²) in [6, 6.07) is 5.06. The van der Waals surface area contributed by atoms with E-state index in [0.717, 1.165) is 30.7 Å². The molecule has 3 rings (SSSR count). The molecule has 2 bridgehead atoms. The summed E-state index contributed by atoms with van der Waals surface area (Å²) in [6.45, 7) is 2.06. The average molecular weight is 371 g/mol. The van der Waals surface area contributed by atoms with Crippen LogP contribution in [0.1, 0.15) is 44.5 Å². The van der Waals surface area contributed by atoms with E-state index in [1.165, 1.54) is 7.11 Å². The minimum atomic E-state index is -0.576. The molecule has 1 aromatic heterocycles. The van der Waals surface area contributed by atoms with E-state index in [4.69, 9.17) is 5.73 Å². The van der Waals surface area contributed by atoms with Crippen LogP contribution in [0.4, 0.5) is 16.2 Å². The second-order valence-corrected chi connectivity index (χ2v) is 6.94. The summed E-state index contributed by atoms with van der Waals surface area (Å²) < 4.78 is 4.63. The molecule has 1 aromatic carbocycles. The largest absolute Gasteiger partial charge is 0.453 e. The van der Waals surface area contributed by atoms with E-state index in [2.05, 4.69) is 32.3 Å². The molecule has 2 atom stereocenters. The Morgan fingerprint density at radius 1 is 1.37 bits per heavy atom. The van der Waals surface area contributed by atoms with Crippen LogP contribution in [0, 0.1) is 5.92 Å². The van der Waals surface area contributed by atoms with Gasteiger partial charge in [-0.3, -0.25) is 10.1 Å². The van der Waals surface area contributed by atoms with E-state index >= 15 is 0 Å². The van der Waals surface area contributed by atoms with Gasteiger partial charge in [0.2, 0.25) is 5.91 Å². The molecule has 0 saturated heterocycles. The Labute approximate surface area is 157 Å². The molecular formula is C19H25N5O3. The Morgan fingerprint density at radius 2 is 2.19 bits per heavy atom. The maximum atomic E-state index is 12.5. The third-order valence-electron chi connectivity index (χ3n) is 4.70. The van der Waals surface area contributed by atoms with Gasteiger partial charge in [-0.05, 0) is 30.5 Å². The third kappa shape index (κ3) is 4.65. The predicted octanol–water partition coefficient (Wildman–Crippen LogP) is 3.40. The zero-order valence-electron chi connectivity index (χ0n) is 15.5. The van der Waals surface area contributed by atoms with Crippen molar-refractivity contribution in [3.63, 3.8) is 0 Å². The van der Waals surface area contributed by atoms with E-state index in [1.807, 2.05) is 0 Å². The molecule has 5 N–H and O–H groups in total. The predicted molar refractivity (Wildman–Crippen MR) is 103 cm³/mol. The molecule has 144 valence electrons. The molecule has 8 nitrogen and oxygen atoms in total. The number of nitrogens with zero attached hydrogens (tertiary/aromatic N) is 1. The van der Waals surface area contributed by atoms with Crippen molar-refractivity contribution in [2.45, 2.75) is 38.6 Å². The van der Waals surface area contributed by atoms with Crippen molar-refractivity contribution in [3.8, 4) is 11.3 Å². The molecule has 2 heterocycles. The number of hydrogen-bond donors (Lipinski definition) is 4. The molecule has 0 radical (unpaired) electrons. The summed E-state index contributed by atoms with van der Waals surface area (Å²) in [7, 11) is 1.30. The maximum Gasteiger partial charge on any atom is 0.411 e. The maximum absolute atomic E-state index is 12.5. The highest BCUT2D eigenvalue weighted by atomic mass is 16.5. The summed E-state index contributed by atoms with van der Waals surface area (Å²) >= 11 is 0. The van der Waals surface area contributed by atoms with Crippen LogP contribution in [0.2, 0.25) is 0 Å². The molecule has 0 fully saturated rings. The first-order valence-corrected chi connectivity index (χ1v) is 9.06. The summed E-state index contributed by atoms with van der Waals surface area (Å²) in [4.78, 5) is 31.7. The number of nitrogens with one attached hydrogen (secondary N) is 3. The van der Waals surface area contributed by atoms with Gasteiger partial charge in [0, 0.05) is 23.9 Å². The average Bonchev–Trinajstić information content (AvgIpc) is 3.11. The highest BCUT2D eigenvalue weighted by Crippen LogP contribution is 2.32. The number of fused-ring (bicyclic) bond motifs is 4. The van der Waals surface area contributed by atoms with Crippen molar-refractivity contribution in [1.82, 2.24) is 9.97 Å². The first kappa shape index (κ1) is 18.9. The Morgan fingerprint density at radius 3 is 2.96 bits per heavy atom. The Bertz CT molecular complexity index is 833. The Hall–Kier alpha value is -2.87. The number of benzene rings is 1. The van der Waals surface area contributed by atoms with Crippen LogP contribution in [-0.2, 0) is 9.53 Å². The molecule has 0 saturated carbocycles. The van der Waals surface area contributed by atoms with Gasteiger partial charge in [-0.2, -0.15) is 0 Å². The fraction of sp³-hybridized carbons (Fsp3) is 0.421. The molecule has 27 heavy (non-hydrogen) atoms. The number of H-pyrrole nitrogens is 1. The number of methoxy groups -OCH3 is 1. The van der Waals surface area contributed by atoms with Crippen LogP contribution < -0.4 is 16.4 Å². The zero-order chi connectivity index (χ0) is 19.4. The Kier molecular flexibility index (Phi) is 5.75. The molecule has 0 spiro atoms. The molecular weight excluding hydrogens is 346 g/mol. The molecule has 8 heteroatoms. The van der Waals surface area contributed by atoms with Crippen molar-refractivity contribution < 1.29 is 14.3 Å². The van der Waals surface area contributed by atoms with Crippen molar-refractivity contribution in [1.29, 1.82) is 0 Å². The van der Waals surface area contributed by atoms with Gasteiger partial charge in [-0.15, -0.1) is 0 Å². The first-order chi connectivity index (χ1) is 13.0. The molecule has 0 unspecified atom stereocenters. The highest BCUT2D eigenvalue weighted by molar-refractivity contribution is 5.97. The van der Waals surface area contributed by atoms with Crippen LogP contribution in [-0.4, -0.2) is 29.1 Å². The van der Waals surface area contributed by atoms with Crippen LogP contribution in [0.25, 0.3) is 11.3 Å². The lowest BCUT2D eigenvalue weighted by atomic mass is 9.98. The summed E-state index contributed by atoms with van der Waals surface area (Å²) in [5.41, 5.74) is 8.78. The van der Waals surface area contributed by atoms with Gasteiger partial charge in [0.05, 0.1) is 24.5 Å². The molecule has 2 aromatic rings. The van der Waals surface area contributed by atoms with Crippen molar-refractivity contribution in [2.24, 2.45) is 11.7 Å². The number of aromatic nitrogens is 2. The number of rotatable bonds is 1. The number of aromatic amines is 1. The number of hydrogen-bond acceptors (Lipinski definition) is 5. The summed E-state index contributed by atoms with van der Waals surface area (Å²) in [5.74, 6) is 0.910. The second kappa shape index (κ2) is 8.22. The third-order valence-corrected chi connectivity index (χ3v) is 4.70. The van der Waals surface area contributed by atoms with E-state index in [9.17, 15) is 9.59 Å².